The van der Waals surface area contributed by atoms with Crippen molar-refractivity contribution in [1.82, 2.24) is 9.62 Å². The first-order chi connectivity index (χ1) is 11.4. The molecule has 2 rings (SSSR count). The molecular weight excluding hydrogens is 328 g/mol. The molecule has 1 aromatic carbocycles. The molecule has 1 N–H and O–H groups in total. The van der Waals surface area contributed by atoms with Crippen LogP contribution in [0.1, 0.15) is 24.5 Å². The first kappa shape index (κ1) is 19.2. The minimum absolute atomic E-state index is 0.223. The van der Waals surface area contributed by atoms with Gasteiger partial charge in [0.15, 0.2) is 0 Å². The summed E-state index contributed by atoms with van der Waals surface area (Å²) < 4.78 is 39.0. The maximum atomic E-state index is 12.7. The Morgan fingerprint density at radius 3 is 2.54 bits per heavy atom. The van der Waals surface area contributed by atoms with E-state index in [0.717, 1.165) is 30.6 Å². The summed E-state index contributed by atoms with van der Waals surface area (Å²) in [6.07, 6.45) is 0.830. The van der Waals surface area contributed by atoms with Gasteiger partial charge in [-0.15, -0.1) is 0 Å². The molecule has 0 radical (unpaired) electrons. The monoisotopic (exact) mass is 356 g/mol. The largest absolute Gasteiger partial charge is 0.492 e. The summed E-state index contributed by atoms with van der Waals surface area (Å²) in [5.74, 6) is 0.429. The Morgan fingerprint density at radius 2 is 1.88 bits per heavy atom. The molecule has 1 aromatic rings. The lowest BCUT2D eigenvalue weighted by Gasteiger charge is -2.26. The Kier molecular flexibility index (Phi) is 7.03. The third-order valence-corrected chi connectivity index (χ3v) is 5.62. The van der Waals surface area contributed by atoms with Crippen LogP contribution in [-0.4, -0.2) is 59.3 Å². The molecule has 24 heavy (non-hydrogen) atoms. The summed E-state index contributed by atoms with van der Waals surface area (Å²) >= 11 is 0. The minimum atomic E-state index is -3.59. The standard InChI is InChI=1S/C17H28N2O4S/c1-4-9-23-16-12-14(2)15(3)13-17(16)24(20,21)18-5-6-19-7-10-22-11-8-19/h12-13,18H,4-11H2,1-3H3. The van der Waals surface area contributed by atoms with Crippen molar-refractivity contribution in [2.45, 2.75) is 32.1 Å². The maximum absolute atomic E-state index is 12.7. The van der Waals surface area contributed by atoms with Gasteiger partial charge in [-0.1, -0.05) is 6.92 Å². The van der Waals surface area contributed by atoms with Gasteiger partial charge in [-0.3, -0.25) is 4.90 Å². The highest BCUT2D eigenvalue weighted by Gasteiger charge is 2.21. The van der Waals surface area contributed by atoms with Gasteiger partial charge in [-0.25, -0.2) is 13.1 Å². The molecule has 0 saturated carbocycles. The lowest BCUT2D eigenvalue weighted by molar-refractivity contribution is 0.0390. The number of hydrogen-bond donors (Lipinski definition) is 1. The number of sulfonamides is 1. The second-order valence-corrected chi connectivity index (χ2v) is 7.82. The first-order valence-electron chi connectivity index (χ1n) is 8.48. The second-order valence-electron chi connectivity index (χ2n) is 6.08. The zero-order chi connectivity index (χ0) is 17.6. The lowest BCUT2D eigenvalue weighted by atomic mass is 10.1. The number of ether oxygens (including phenoxy) is 2. The van der Waals surface area contributed by atoms with Gasteiger partial charge in [0.25, 0.3) is 0 Å². The third-order valence-electron chi connectivity index (χ3n) is 4.14. The van der Waals surface area contributed by atoms with E-state index in [1.165, 1.54) is 0 Å². The Labute approximate surface area is 145 Å². The van der Waals surface area contributed by atoms with Crippen LogP contribution in [0.3, 0.4) is 0 Å². The highest BCUT2D eigenvalue weighted by molar-refractivity contribution is 7.89. The van der Waals surface area contributed by atoms with Crippen molar-refractivity contribution in [2.75, 3.05) is 46.0 Å². The molecule has 0 amide bonds. The molecule has 1 fully saturated rings. The maximum Gasteiger partial charge on any atom is 0.244 e. The van der Waals surface area contributed by atoms with Crippen LogP contribution in [0.5, 0.6) is 5.75 Å². The predicted molar refractivity (Wildman–Crippen MR) is 94.1 cm³/mol. The summed E-state index contributed by atoms with van der Waals surface area (Å²) in [4.78, 5) is 2.42. The van der Waals surface area contributed by atoms with E-state index in [2.05, 4.69) is 9.62 Å². The molecule has 1 aliphatic rings. The topological polar surface area (TPSA) is 67.9 Å². The molecule has 0 atom stereocenters. The van der Waals surface area contributed by atoms with Gasteiger partial charge in [0.1, 0.15) is 10.6 Å². The van der Waals surface area contributed by atoms with Crippen LogP contribution in [0, 0.1) is 13.8 Å². The van der Waals surface area contributed by atoms with Gasteiger partial charge in [0.2, 0.25) is 10.0 Å². The fourth-order valence-corrected chi connectivity index (χ4v) is 3.77. The summed E-state index contributed by atoms with van der Waals surface area (Å²) in [5.41, 5.74) is 1.96. The number of rotatable bonds is 8. The zero-order valence-electron chi connectivity index (χ0n) is 14.8. The number of benzene rings is 1. The average molecular weight is 356 g/mol. The number of aryl methyl sites for hydroxylation is 2. The summed E-state index contributed by atoms with van der Waals surface area (Å²) in [6, 6.07) is 3.50. The van der Waals surface area contributed by atoms with E-state index in [-0.39, 0.29) is 4.90 Å². The molecule has 7 heteroatoms. The van der Waals surface area contributed by atoms with E-state index in [1.807, 2.05) is 26.8 Å². The predicted octanol–water partition coefficient (Wildman–Crippen LogP) is 1.70. The molecule has 1 heterocycles. The van der Waals surface area contributed by atoms with E-state index >= 15 is 0 Å². The normalized spacial score (nSPS) is 16.3. The molecule has 0 aromatic heterocycles. The van der Waals surface area contributed by atoms with Crippen LogP contribution < -0.4 is 9.46 Å². The third kappa shape index (κ3) is 5.17. The van der Waals surface area contributed by atoms with Crippen molar-refractivity contribution >= 4 is 10.0 Å². The fraction of sp³-hybridized carbons (Fsp3) is 0.647. The molecule has 0 unspecified atom stereocenters. The highest BCUT2D eigenvalue weighted by Crippen LogP contribution is 2.27. The van der Waals surface area contributed by atoms with Crippen LogP contribution in [0.25, 0.3) is 0 Å². The average Bonchev–Trinajstić information content (AvgIpc) is 2.56. The van der Waals surface area contributed by atoms with Crippen molar-refractivity contribution in [3.8, 4) is 5.75 Å². The van der Waals surface area contributed by atoms with Gasteiger partial charge < -0.3 is 9.47 Å². The molecule has 6 nitrogen and oxygen atoms in total. The van der Waals surface area contributed by atoms with Crippen molar-refractivity contribution in [3.05, 3.63) is 23.3 Å². The quantitative estimate of drug-likeness (QED) is 0.768. The van der Waals surface area contributed by atoms with Crippen LogP contribution >= 0.6 is 0 Å². The molecular formula is C17H28N2O4S. The zero-order valence-corrected chi connectivity index (χ0v) is 15.6. The number of hydrogen-bond acceptors (Lipinski definition) is 5. The minimum Gasteiger partial charge on any atom is -0.492 e. The van der Waals surface area contributed by atoms with Crippen LogP contribution in [0.4, 0.5) is 0 Å². The number of nitrogens with one attached hydrogen (secondary N) is 1. The van der Waals surface area contributed by atoms with Gasteiger partial charge in [0.05, 0.1) is 19.8 Å². The molecule has 0 aliphatic carbocycles. The lowest BCUT2D eigenvalue weighted by Crippen LogP contribution is -2.41. The van der Waals surface area contributed by atoms with E-state index in [9.17, 15) is 8.42 Å². The Bertz CT molecular complexity index is 640. The molecule has 0 bridgehead atoms. The Balaban J connectivity index is 2.07. The van der Waals surface area contributed by atoms with Crippen molar-refractivity contribution < 1.29 is 17.9 Å². The van der Waals surface area contributed by atoms with E-state index in [0.29, 0.717) is 38.7 Å². The summed E-state index contributed by atoms with van der Waals surface area (Å²) in [7, 11) is -3.59. The molecule has 1 saturated heterocycles. The first-order valence-corrected chi connectivity index (χ1v) is 9.96. The summed E-state index contributed by atoms with van der Waals surface area (Å²) in [5, 5.41) is 0. The molecule has 1 aliphatic heterocycles. The van der Waals surface area contributed by atoms with Crippen LogP contribution in [0.2, 0.25) is 0 Å². The van der Waals surface area contributed by atoms with Gasteiger partial charge in [0, 0.05) is 26.2 Å². The number of nitrogens with zero attached hydrogens (tertiary/aromatic N) is 1. The van der Waals surface area contributed by atoms with E-state index in [1.54, 1.807) is 6.07 Å². The van der Waals surface area contributed by atoms with Crippen molar-refractivity contribution in [3.63, 3.8) is 0 Å². The smallest absolute Gasteiger partial charge is 0.244 e. The summed E-state index contributed by atoms with van der Waals surface area (Å²) in [6.45, 7) is 10.5. The van der Waals surface area contributed by atoms with Crippen LogP contribution in [-0.2, 0) is 14.8 Å². The van der Waals surface area contributed by atoms with Crippen molar-refractivity contribution in [1.29, 1.82) is 0 Å². The highest BCUT2D eigenvalue weighted by atomic mass is 32.2. The van der Waals surface area contributed by atoms with E-state index < -0.39 is 10.0 Å². The van der Waals surface area contributed by atoms with Crippen LogP contribution in [0.15, 0.2) is 17.0 Å². The van der Waals surface area contributed by atoms with Gasteiger partial charge in [-0.05, 0) is 43.5 Å². The Morgan fingerprint density at radius 1 is 1.21 bits per heavy atom. The molecule has 136 valence electrons. The van der Waals surface area contributed by atoms with Gasteiger partial charge >= 0.3 is 0 Å². The second kappa shape index (κ2) is 8.80. The Hall–Kier alpha value is -1.15. The number of morpholine rings is 1. The van der Waals surface area contributed by atoms with Gasteiger partial charge in [-0.2, -0.15) is 0 Å². The van der Waals surface area contributed by atoms with E-state index in [4.69, 9.17) is 9.47 Å². The van der Waals surface area contributed by atoms with Crippen molar-refractivity contribution in [2.24, 2.45) is 0 Å². The SMILES string of the molecule is CCCOc1cc(C)c(C)cc1S(=O)(=O)NCCN1CCOCC1. The fourth-order valence-electron chi connectivity index (χ4n) is 2.54. The molecule has 0 spiro atoms.